The number of ether oxygens (including phenoxy) is 2. The molecule has 0 unspecified atom stereocenters. The Bertz CT molecular complexity index is 776. The second-order valence-electron chi connectivity index (χ2n) is 4.94. The molecule has 2 N–H and O–H groups in total. The second-order valence-corrected chi connectivity index (χ2v) is 4.94. The van der Waals surface area contributed by atoms with Crippen molar-refractivity contribution in [3.8, 4) is 11.8 Å². The zero-order valence-electron chi connectivity index (χ0n) is 13.8. The second kappa shape index (κ2) is 8.79. The summed E-state index contributed by atoms with van der Waals surface area (Å²) in [7, 11) is 0. The maximum Gasteiger partial charge on any atom is 0.573 e. The van der Waals surface area contributed by atoms with Gasteiger partial charge < -0.3 is 15.3 Å². The Morgan fingerprint density at radius 1 is 1.27 bits per heavy atom. The van der Waals surface area contributed by atoms with Crippen molar-refractivity contribution >= 4 is 17.6 Å². The number of aliphatic imine (C=N–C) groups is 1. The highest BCUT2D eigenvalue weighted by Crippen LogP contribution is 2.26. The van der Waals surface area contributed by atoms with E-state index in [1.165, 1.54) is 24.4 Å². The molecule has 2 aromatic rings. The third kappa shape index (κ3) is 6.38. The van der Waals surface area contributed by atoms with Crippen molar-refractivity contribution in [3.63, 3.8) is 0 Å². The number of rotatable bonds is 7. The third-order valence-corrected chi connectivity index (χ3v) is 3.02. The summed E-state index contributed by atoms with van der Waals surface area (Å²) in [6, 6.07) is 5.34. The molecule has 0 radical (unpaired) electrons. The van der Waals surface area contributed by atoms with Gasteiger partial charge in [-0.3, -0.25) is 4.99 Å². The number of alkyl halides is 3. The maximum absolute atomic E-state index is 12.2. The van der Waals surface area contributed by atoms with Crippen LogP contribution in [0.25, 0.3) is 0 Å². The number of hydrogen-bond acceptors (Lipinski definition) is 7. The van der Waals surface area contributed by atoms with E-state index < -0.39 is 6.36 Å². The fraction of sp³-hybridized carbons (Fsp3) is 0.250. The van der Waals surface area contributed by atoms with Crippen molar-refractivity contribution in [1.82, 2.24) is 9.97 Å². The van der Waals surface area contributed by atoms with Crippen molar-refractivity contribution in [2.45, 2.75) is 19.7 Å². The first-order valence-corrected chi connectivity index (χ1v) is 7.50. The van der Waals surface area contributed by atoms with Gasteiger partial charge in [0.25, 0.3) is 0 Å². The van der Waals surface area contributed by atoms with Crippen LogP contribution in [-0.4, -0.2) is 34.9 Å². The Balaban J connectivity index is 1.97. The molecular formula is C16H16F3N5O2. The Kier molecular flexibility index (Phi) is 6.48. The molecule has 10 heteroatoms. The number of aryl methyl sites for hydroxylation is 1. The normalized spacial score (nSPS) is 12.4. The van der Waals surface area contributed by atoms with Gasteiger partial charge in [0.2, 0.25) is 0 Å². The highest BCUT2D eigenvalue weighted by atomic mass is 19.4. The highest BCUT2D eigenvalue weighted by molar-refractivity contribution is 6.31. The summed E-state index contributed by atoms with van der Waals surface area (Å²) in [4.78, 5) is 12.0. The SMILES string of the molecule is CCc1cnc(OCC(C=Nc2cccc(OC(F)(F)F)c2)=NN)nc1. The minimum Gasteiger partial charge on any atom is -0.457 e. The van der Waals surface area contributed by atoms with Crippen LogP contribution in [0, 0.1) is 0 Å². The molecule has 0 spiro atoms. The summed E-state index contributed by atoms with van der Waals surface area (Å²) in [6.07, 6.45) is 0.587. The van der Waals surface area contributed by atoms with E-state index in [9.17, 15) is 13.2 Å². The van der Waals surface area contributed by atoms with Gasteiger partial charge in [0.1, 0.15) is 18.1 Å². The standard InChI is InChI=1S/C16H16F3N5O2/c1-2-11-7-22-15(23-8-11)25-10-13(24-20)9-21-12-4-3-5-14(6-12)26-16(17,18)19/h3-9H,2,10,20H2,1H3. The van der Waals surface area contributed by atoms with Crippen LogP contribution in [0.5, 0.6) is 11.8 Å². The van der Waals surface area contributed by atoms with Gasteiger partial charge in [-0.05, 0) is 24.1 Å². The molecule has 1 aromatic carbocycles. The van der Waals surface area contributed by atoms with Crippen LogP contribution < -0.4 is 15.3 Å². The topological polar surface area (TPSA) is 95.0 Å². The number of aromatic nitrogens is 2. The molecule has 7 nitrogen and oxygen atoms in total. The van der Waals surface area contributed by atoms with E-state index in [2.05, 4.69) is 24.8 Å². The van der Waals surface area contributed by atoms with Crippen molar-refractivity contribution < 1.29 is 22.6 Å². The summed E-state index contributed by atoms with van der Waals surface area (Å²) >= 11 is 0. The molecule has 1 heterocycles. The lowest BCUT2D eigenvalue weighted by molar-refractivity contribution is -0.274. The summed E-state index contributed by atoms with van der Waals surface area (Å²) in [6.45, 7) is 1.92. The molecule has 0 fully saturated rings. The van der Waals surface area contributed by atoms with Crippen LogP contribution >= 0.6 is 0 Å². The zero-order valence-corrected chi connectivity index (χ0v) is 13.8. The smallest absolute Gasteiger partial charge is 0.457 e. The number of nitrogens with zero attached hydrogens (tertiary/aromatic N) is 4. The lowest BCUT2D eigenvalue weighted by atomic mass is 10.3. The van der Waals surface area contributed by atoms with E-state index in [0.717, 1.165) is 18.1 Å². The van der Waals surface area contributed by atoms with Crippen LogP contribution in [0.15, 0.2) is 46.8 Å². The van der Waals surface area contributed by atoms with Crippen LogP contribution in [-0.2, 0) is 6.42 Å². The highest BCUT2D eigenvalue weighted by Gasteiger charge is 2.31. The Morgan fingerprint density at radius 2 is 2.00 bits per heavy atom. The van der Waals surface area contributed by atoms with E-state index in [0.29, 0.717) is 0 Å². The van der Waals surface area contributed by atoms with E-state index >= 15 is 0 Å². The summed E-state index contributed by atoms with van der Waals surface area (Å²) in [5.74, 6) is 4.89. The number of hydrazone groups is 1. The molecule has 0 aliphatic rings. The molecule has 0 aliphatic heterocycles. The van der Waals surface area contributed by atoms with Gasteiger partial charge in [-0.2, -0.15) is 5.10 Å². The van der Waals surface area contributed by atoms with E-state index in [1.54, 1.807) is 12.4 Å². The molecule has 138 valence electrons. The lowest BCUT2D eigenvalue weighted by Gasteiger charge is -2.08. The van der Waals surface area contributed by atoms with Crippen LogP contribution in [0.1, 0.15) is 12.5 Å². The molecule has 0 bridgehead atoms. The van der Waals surface area contributed by atoms with Crippen LogP contribution in [0.4, 0.5) is 18.9 Å². The van der Waals surface area contributed by atoms with E-state index in [1.807, 2.05) is 6.92 Å². The maximum atomic E-state index is 12.2. The third-order valence-electron chi connectivity index (χ3n) is 3.02. The lowest BCUT2D eigenvalue weighted by Crippen LogP contribution is -2.17. The fourth-order valence-corrected chi connectivity index (χ4v) is 1.76. The molecule has 0 aliphatic carbocycles. The van der Waals surface area contributed by atoms with Crippen molar-refractivity contribution in [2.24, 2.45) is 15.9 Å². The molecular weight excluding hydrogens is 351 g/mol. The van der Waals surface area contributed by atoms with Crippen LogP contribution in [0.3, 0.4) is 0 Å². The predicted octanol–water partition coefficient (Wildman–Crippen LogP) is 3.03. The summed E-state index contributed by atoms with van der Waals surface area (Å²) in [5, 5.41) is 3.51. The van der Waals surface area contributed by atoms with Gasteiger partial charge in [0.05, 0.1) is 11.9 Å². The van der Waals surface area contributed by atoms with Gasteiger partial charge in [0.15, 0.2) is 0 Å². The van der Waals surface area contributed by atoms with E-state index in [4.69, 9.17) is 10.6 Å². The average Bonchev–Trinajstić information content (AvgIpc) is 2.61. The van der Waals surface area contributed by atoms with Gasteiger partial charge in [-0.25, -0.2) is 9.97 Å². The van der Waals surface area contributed by atoms with Gasteiger partial charge in [0, 0.05) is 18.5 Å². The number of nitrogens with two attached hydrogens (primary N) is 1. The first-order chi connectivity index (χ1) is 12.4. The first-order valence-electron chi connectivity index (χ1n) is 7.50. The Hall–Kier alpha value is -3.17. The summed E-state index contributed by atoms with van der Waals surface area (Å²) in [5.41, 5.74) is 1.44. The van der Waals surface area contributed by atoms with Crippen molar-refractivity contribution in [1.29, 1.82) is 0 Å². The van der Waals surface area contributed by atoms with Gasteiger partial charge >= 0.3 is 12.4 Å². The Morgan fingerprint density at radius 3 is 2.62 bits per heavy atom. The molecule has 0 saturated carbocycles. The van der Waals surface area contributed by atoms with Gasteiger partial charge in [-0.15, -0.1) is 13.2 Å². The fourth-order valence-electron chi connectivity index (χ4n) is 1.76. The quantitative estimate of drug-likeness (QED) is 0.461. The minimum absolute atomic E-state index is 0.0514. The number of halogens is 3. The molecule has 0 amide bonds. The summed E-state index contributed by atoms with van der Waals surface area (Å²) < 4.78 is 45.8. The minimum atomic E-state index is -4.77. The molecule has 2 rings (SSSR count). The predicted molar refractivity (Wildman–Crippen MR) is 89.8 cm³/mol. The Labute approximate surface area is 147 Å². The van der Waals surface area contributed by atoms with Gasteiger partial charge in [-0.1, -0.05) is 13.0 Å². The largest absolute Gasteiger partial charge is 0.573 e. The van der Waals surface area contributed by atoms with E-state index in [-0.39, 0.29) is 29.8 Å². The zero-order chi connectivity index (χ0) is 19.0. The molecule has 0 saturated heterocycles. The monoisotopic (exact) mass is 367 g/mol. The number of hydrogen-bond donors (Lipinski definition) is 1. The van der Waals surface area contributed by atoms with Crippen LogP contribution in [0.2, 0.25) is 0 Å². The molecule has 26 heavy (non-hydrogen) atoms. The van der Waals surface area contributed by atoms with Crippen molar-refractivity contribution in [2.75, 3.05) is 6.61 Å². The molecule has 1 aromatic heterocycles. The van der Waals surface area contributed by atoms with Crippen molar-refractivity contribution in [3.05, 3.63) is 42.2 Å². The number of benzene rings is 1. The first kappa shape index (κ1) is 19.2. The molecule has 0 atom stereocenters. The average molecular weight is 367 g/mol.